The van der Waals surface area contributed by atoms with Gasteiger partial charge in [0, 0.05) is 24.0 Å². The van der Waals surface area contributed by atoms with Crippen LogP contribution in [0.5, 0.6) is 5.75 Å². The summed E-state index contributed by atoms with van der Waals surface area (Å²) in [7, 11) is 1.49. The number of halogens is 3. The molecule has 0 spiro atoms. The number of hydrogen-bond donors (Lipinski definition) is 1. The summed E-state index contributed by atoms with van der Waals surface area (Å²) in [5, 5.41) is 5.21. The van der Waals surface area contributed by atoms with Gasteiger partial charge in [0.15, 0.2) is 5.69 Å². The zero-order valence-electron chi connectivity index (χ0n) is 15.5. The zero-order valence-corrected chi connectivity index (χ0v) is 15.5. The van der Waals surface area contributed by atoms with Crippen molar-refractivity contribution in [3.63, 3.8) is 0 Å². The average molecular weight is 405 g/mol. The molecule has 0 saturated carbocycles. The normalized spacial score (nSPS) is 16.7. The first-order chi connectivity index (χ1) is 13.8. The van der Waals surface area contributed by atoms with Crippen molar-refractivity contribution in [1.29, 1.82) is 0 Å². The molecule has 1 amide bonds. The van der Waals surface area contributed by atoms with Gasteiger partial charge in [0.2, 0.25) is 0 Å². The van der Waals surface area contributed by atoms with Gasteiger partial charge >= 0.3 is 6.18 Å². The molecule has 2 aliphatic heterocycles. The number of rotatable bonds is 3. The topological polar surface area (TPSA) is 76.6 Å². The minimum Gasteiger partial charge on any atom is -0.497 e. The van der Waals surface area contributed by atoms with Gasteiger partial charge in [-0.25, -0.2) is 10.5 Å². The minimum atomic E-state index is -4.66. The highest BCUT2D eigenvalue weighted by Gasteiger charge is 2.43. The van der Waals surface area contributed by atoms with Gasteiger partial charge in [-0.05, 0) is 42.8 Å². The number of benzene rings is 1. The first kappa shape index (κ1) is 19.1. The number of alkyl halides is 3. The quantitative estimate of drug-likeness (QED) is 0.794. The number of aromatic nitrogens is 2. The Morgan fingerprint density at radius 1 is 1.21 bits per heavy atom. The highest BCUT2D eigenvalue weighted by atomic mass is 19.4. The Hall–Kier alpha value is -3.27. The number of methoxy groups -OCH3 is 1. The lowest BCUT2D eigenvalue weighted by atomic mass is 10.0. The van der Waals surface area contributed by atoms with E-state index in [4.69, 9.17) is 10.6 Å². The Kier molecular flexibility index (Phi) is 4.58. The predicted octanol–water partition coefficient (Wildman–Crippen LogP) is 2.48. The summed E-state index contributed by atoms with van der Waals surface area (Å²) in [4.78, 5) is 14.7. The number of hydrogen-bond acceptors (Lipinski definition) is 5. The number of nitrogens with two attached hydrogens (primary N) is 1. The molecule has 2 aliphatic rings. The number of hydrazine groups is 1. The first-order valence-corrected chi connectivity index (χ1v) is 8.84. The Balaban J connectivity index is 1.81. The van der Waals surface area contributed by atoms with E-state index in [1.54, 1.807) is 42.6 Å². The van der Waals surface area contributed by atoms with Crippen molar-refractivity contribution in [3.8, 4) is 11.4 Å². The molecule has 2 aromatic rings. The van der Waals surface area contributed by atoms with Gasteiger partial charge in [-0.2, -0.15) is 18.3 Å². The van der Waals surface area contributed by atoms with Crippen LogP contribution >= 0.6 is 0 Å². The van der Waals surface area contributed by atoms with Crippen LogP contribution in [0.1, 0.15) is 21.7 Å². The summed E-state index contributed by atoms with van der Waals surface area (Å²) in [6.07, 6.45) is 0.407. The smallest absolute Gasteiger partial charge is 0.435 e. The van der Waals surface area contributed by atoms with Gasteiger partial charge in [0.25, 0.3) is 5.91 Å². The van der Waals surface area contributed by atoms with E-state index in [9.17, 15) is 18.0 Å². The Morgan fingerprint density at radius 2 is 1.93 bits per heavy atom. The Labute approximate surface area is 164 Å². The molecule has 0 atom stereocenters. The van der Waals surface area contributed by atoms with Crippen molar-refractivity contribution in [1.82, 2.24) is 19.7 Å². The molecular weight excluding hydrogens is 387 g/mol. The van der Waals surface area contributed by atoms with Crippen LogP contribution in [0.3, 0.4) is 0 Å². The lowest BCUT2D eigenvalue weighted by Gasteiger charge is -2.30. The van der Waals surface area contributed by atoms with Crippen LogP contribution in [0.15, 0.2) is 48.3 Å². The van der Waals surface area contributed by atoms with E-state index in [1.165, 1.54) is 17.0 Å². The predicted molar refractivity (Wildman–Crippen MR) is 98.0 cm³/mol. The van der Waals surface area contributed by atoms with Crippen LogP contribution < -0.4 is 10.6 Å². The maximum atomic E-state index is 13.6. The summed E-state index contributed by atoms with van der Waals surface area (Å²) in [6, 6.07) is 6.32. The van der Waals surface area contributed by atoms with E-state index >= 15 is 0 Å². The van der Waals surface area contributed by atoms with Gasteiger partial charge in [-0.3, -0.25) is 4.79 Å². The van der Waals surface area contributed by atoms with Crippen molar-refractivity contribution in [2.45, 2.75) is 12.6 Å². The maximum Gasteiger partial charge on any atom is 0.435 e. The monoisotopic (exact) mass is 405 g/mol. The molecule has 152 valence electrons. The fraction of sp³-hybridized carbons (Fsp3) is 0.263. The SMILES string of the molecule is COc1ccc(-n2nc(C(F)(F)F)c3c2C(=O)N(C2=CCN(N)C=C2)CC3)cc1. The van der Waals surface area contributed by atoms with Gasteiger partial charge in [0.1, 0.15) is 11.4 Å². The van der Waals surface area contributed by atoms with Crippen LogP contribution in [0, 0.1) is 0 Å². The molecule has 0 unspecified atom stereocenters. The van der Waals surface area contributed by atoms with Crippen molar-refractivity contribution in [2.75, 3.05) is 20.2 Å². The van der Waals surface area contributed by atoms with Crippen LogP contribution in [-0.4, -0.2) is 45.8 Å². The van der Waals surface area contributed by atoms with Gasteiger partial charge in [0.05, 0.1) is 19.3 Å². The van der Waals surface area contributed by atoms with Crippen LogP contribution in [-0.2, 0) is 12.6 Å². The summed E-state index contributed by atoms with van der Waals surface area (Å²) in [6.45, 7) is 0.526. The third kappa shape index (κ3) is 3.35. The van der Waals surface area contributed by atoms with Crippen molar-refractivity contribution < 1.29 is 22.7 Å². The molecular formula is C19H18F3N5O2. The second-order valence-corrected chi connectivity index (χ2v) is 6.63. The molecule has 10 heteroatoms. The van der Waals surface area contributed by atoms with E-state index in [0.29, 0.717) is 23.7 Å². The molecule has 29 heavy (non-hydrogen) atoms. The summed E-state index contributed by atoms with van der Waals surface area (Å²) >= 11 is 0. The van der Waals surface area contributed by atoms with E-state index in [2.05, 4.69) is 5.10 Å². The summed E-state index contributed by atoms with van der Waals surface area (Å²) in [5.74, 6) is 5.67. The lowest BCUT2D eigenvalue weighted by molar-refractivity contribution is -0.142. The number of fused-ring (bicyclic) bond motifs is 1. The Bertz CT molecular complexity index is 1010. The number of nitrogens with zero attached hydrogens (tertiary/aromatic N) is 4. The fourth-order valence-corrected chi connectivity index (χ4v) is 3.44. The van der Waals surface area contributed by atoms with E-state index in [0.717, 1.165) is 4.68 Å². The van der Waals surface area contributed by atoms with E-state index in [1.807, 2.05) is 0 Å². The maximum absolute atomic E-state index is 13.6. The molecule has 0 bridgehead atoms. The minimum absolute atomic E-state index is 0.0452. The molecule has 1 aromatic carbocycles. The molecule has 0 saturated heterocycles. The second-order valence-electron chi connectivity index (χ2n) is 6.63. The average Bonchev–Trinajstić information content (AvgIpc) is 3.10. The Morgan fingerprint density at radius 3 is 2.52 bits per heavy atom. The number of ether oxygens (including phenoxy) is 1. The van der Waals surface area contributed by atoms with Gasteiger partial charge in [-0.15, -0.1) is 0 Å². The molecule has 0 radical (unpaired) electrons. The molecule has 0 aliphatic carbocycles. The van der Waals surface area contributed by atoms with Crippen LogP contribution in [0.2, 0.25) is 0 Å². The second kappa shape index (κ2) is 6.96. The summed E-state index contributed by atoms with van der Waals surface area (Å²) < 4.78 is 46.9. The van der Waals surface area contributed by atoms with Crippen LogP contribution in [0.4, 0.5) is 13.2 Å². The highest BCUT2D eigenvalue weighted by Crippen LogP contribution is 2.37. The number of carbonyl (C=O) groups is 1. The fourth-order valence-electron chi connectivity index (χ4n) is 3.44. The van der Waals surface area contributed by atoms with E-state index in [-0.39, 0.29) is 24.2 Å². The van der Waals surface area contributed by atoms with Crippen LogP contribution in [0.25, 0.3) is 5.69 Å². The molecule has 4 rings (SSSR count). The molecule has 7 nitrogen and oxygen atoms in total. The number of carbonyl (C=O) groups excluding carboxylic acids is 1. The third-order valence-corrected chi connectivity index (χ3v) is 4.86. The number of allylic oxidation sites excluding steroid dienone is 1. The van der Waals surface area contributed by atoms with Crippen molar-refractivity contribution in [3.05, 3.63) is 65.3 Å². The largest absolute Gasteiger partial charge is 0.497 e. The van der Waals surface area contributed by atoms with Gasteiger partial charge in [-0.1, -0.05) is 0 Å². The molecule has 3 heterocycles. The highest BCUT2D eigenvalue weighted by molar-refractivity contribution is 5.97. The number of amides is 1. The molecule has 1 aromatic heterocycles. The lowest BCUT2D eigenvalue weighted by Crippen LogP contribution is -2.39. The van der Waals surface area contributed by atoms with Gasteiger partial charge < -0.3 is 14.6 Å². The summed E-state index contributed by atoms with van der Waals surface area (Å²) in [5.41, 5.74) is -0.265. The van der Waals surface area contributed by atoms with Crippen molar-refractivity contribution in [2.24, 2.45) is 5.84 Å². The van der Waals surface area contributed by atoms with Crippen molar-refractivity contribution >= 4 is 5.91 Å². The molecule has 0 fully saturated rings. The van der Waals surface area contributed by atoms with E-state index < -0.39 is 17.8 Å². The molecule has 2 N–H and O–H groups in total. The standard InChI is InChI=1S/C19H18F3N5O2/c1-29-14-4-2-13(3-5-14)27-16-15(17(24-27)19(20,21)22)8-11-26(18(16)28)12-6-9-25(23)10-7-12/h2-7,9H,8,10-11,23H2,1H3. The zero-order chi connectivity index (χ0) is 20.8. The first-order valence-electron chi connectivity index (χ1n) is 8.84. The third-order valence-electron chi connectivity index (χ3n) is 4.86.